The van der Waals surface area contributed by atoms with Crippen LogP contribution in [0.25, 0.3) is 11.3 Å². The molecule has 26 nitrogen and oxygen atoms in total. The lowest BCUT2D eigenvalue weighted by atomic mass is 10.0. The van der Waals surface area contributed by atoms with Crippen molar-refractivity contribution in [2.45, 2.75) is 57.3 Å². The number of nitrogens with one attached hydrogen (secondary N) is 3. The van der Waals surface area contributed by atoms with E-state index in [9.17, 15) is 64.7 Å². The van der Waals surface area contributed by atoms with Crippen LogP contribution in [0.4, 0.5) is 37.7 Å². The first-order valence-corrected chi connectivity index (χ1v) is 32.3. The molecule has 1 aliphatic heterocycles. The highest BCUT2D eigenvalue weighted by Gasteiger charge is 2.38. The van der Waals surface area contributed by atoms with Gasteiger partial charge in [0.1, 0.15) is 6.33 Å². The second-order valence-electron chi connectivity index (χ2n) is 22.1. The third-order valence-electron chi connectivity index (χ3n) is 14.5. The molecule has 0 spiro atoms. The van der Waals surface area contributed by atoms with Gasteiger partial charge in [0.05, 0.1) is 106 Å². The SMILES string of the molecule is COC(=O)c1cccc(C(=O)NCCOCCO)c1.COC(=O)c1cccc(C(=O)O)c1.O=C(CCCOCCO)c1cccc(C(=O)Nc2ccc(N3CCCCC3)cc2-c2cc(CCc3cccc(C(F)(F)F)c3)ncn2)c1.O=C(O)C(F)(F)F.O=C(O)c1cccc(C(=O)NCCOCCO)c1. The second-order valence-corrected chi connectivity index (χ2v) is 22.1. The van der Waals surface area contributed by atoms with Crippen LogP contribution >= 0.6 is 0 Å². The van der Waals surface area contributed by atoms with Crippen molar-refractivity contribution in [2.75, 3.05) is 110 Å². The number of piperidine rings is 1. The molecule has 7 aromatic rings. The molecule has 9 N–H and O–H groups in total. The highest BCUT2D eigenvalue weighted by atomic mass is 19.4. The van der Waals surface area contributed by atoms with Crippen molar-refractivity contribution in [3.63, 3.8) is 0 Å². The van der Waals surface area contributed by atoms with Gasteiger partial charge in [-0.2, -0.15) is 26.3 Å². The Labute approximate surface area is 598 Å². The summed E-state index contributed by atoms with van der Waals surface area (Å²) < 4.78 is 95.7. The number of aryl methyl sites for hydroxylation is 2. The number of aromatic nitrogens is 2. The maximum Gasteiger partial charge on any atom is 0.490 e. The number of hydrogen-bond acceptors (Lipinski definition) is 20. The van der Waals surface area contributed by atoms with Crippen molar-refractivity contribution < 1.29 is 124 Å². The Hall–Kier alpha value is -11.0. The van der Waals surface area contributed by atoms with E-state index in [-0.39, 0.29) is 91.8 Å². The van der Waals surface area contributed by atoms with Crippen LogP contribution in [-0.4, -0.2) is 200 Å². The number of methoxy groups -OCH3 is 2. The van der Waals surface area contributed by atoms with Gasteiger partial charge in [-0.1, -0.05) is 48.5 Å². The number of halogens is 6. The molecular formula is C73H80F6N6O20. The number of nitrogens with zero attached hydrogens (tertiary/aromatic N) is 3. The number of Topliss-reactive ketones (excluding diaryl/α,β-unsaturated/α-hetero) is 1. The summed E-state index contributed by atoms with van der Waals surface area (Å²) in [5.41, 5.74) is 5.44. The fourth-order valence-corrected chi connectivity index (χ4v) is 9.34. The predicted octanol–water partition coefficient (Wildman–Crippen LogP) is 9.30. The zero-order valence-corrected chi connectivity index (χ0v) is 57.1. The van der Waals surface area contributed by atoms with Gasteiger partial charge >= 0.3 is 42.2 Å². The maximum absolute atomic E-state index is 13.5. The molecule has 2 heterocycles. The largest absolute Gasteiger partial charge is 0.490 e. The molecular weight excluding hydrogens is 1390 g/mol. The van der Waals surface area contributed by atoms with Gasteiger partial charge in [-0.3, -0.25) is 19.2 Å². The van der Waals surface area contributed by atoms with Gasteiger partial charge in [-0.25, -0.2) is 33.9 Å². The maximum atomic E-state index is 13.5. The molecule has 0 saturated carbocycles. The number of carboxylic acids is 3. The van der Waals surface area contributed by atoms with E-state index in [2.05, 4.69) is 40.3 Å². The predicted molar refractivity (Wildman–Crippen MR) is 368 cm³/mol. The Kier molecular flexibility index (Phi) is 37.7. The minimum absolute atomic E-state index is 0.0465. The van der Waals surface area contributed by atoms with E-state index in [1.54, 1.807) is 48.5 Å². The monoisotopic (exact) mass is 1470 g/mol. The third kappa shape index (κ3) is 31.6. The third-order valence-corrected chi connectivity index (χ3v) is 14.5. The summed E-state index contributed by atoms with van der Waals surface area (Å²) in [5.74, 6) is -7.06. The smallest absolute Gasteiger partial charge is 0.478 e. The van der Waals surface area contributed by atoms with Crippen LogP contribution in [0.2, 0.25) is 0 Å². The number of carboxylic acid groups (broad SMARTS) is 3. The number of ether oxygens (including phenoxy) is 5. The summed E-state index contributed by atoms with van der Waals surface area (Å²) in [5, 5.41) is 58.6. The normalized spacial score (nSPS) is 11.6. The van der Waals surface area contributed by atoms with Gasteiger partial charge in [0.25, 0.3) is 17.7 Å². The fraction of sp³-hybridized carbons (Fsp3) is 0.329. The first-order valence-electron chi connectivity index (χ1n) is 32.3. The number of benzene rings is 6. The standard InChI is InChI=1S/C37H39F3N4O4.C13H17NO5.C12H15NO5.C9H8O4.C2HF3O2/c38-37(39,40)29-10-4-7-26(21-29)12-13-30-23-34(42-25-41-30)32-24-31(44-16-2-1-3-17-44)14-15-33(32)43-36(47)28-9-5-8-27(22-28)35(46)11-6-19-48-20-18-45;1-18-13(17)11-4-2-3-10(9-11)12(16)14-5-7-19-8-6-15;14-5-7-18-6-4-13-11(15)9-2-1-3-10(8-9)12(16)17;1-13-9(12)7-4-2-3-6(5-7)8(10)11;3-2(4,5)1(6)7/h4-5,7-10,14-15,21-25,45H,1-3,6,11-13,16-20H2,(H,43,47);2-4,9,15H,5-8H2,1H3,(H,14,16);1-3,8,14H,4-7H2,(H,13,15)(H,16,17);2-5H,1H3,(H,10,11);(H,6,7). The average Bonchev–Trinajstić information content (AvgIpc) is 0.799. The number of carbonyl (C=O) groups is 9. The molecule has 1 saturated heterocycles. The number of hydrogen-bond donors (Lipinski definition) is 9. The number of ketones is 1. The highest BCUT2D eigenvalue weighted by molar-refractivity contribution is 6.08. The Morgan fingerprint density at radius 3 is 1.45 bits per heavy atom. The molecule has 1 aromatic heterocycles. The van der Waals surface area contributed by atoms with Gasteiger partial charge < -0.3 is 75.2 Å². The van der Waals surface area contributed by atoms with Gasteiger partial charge in [0.15, 0.2) is 5.78 Å². The molecule has 0 unspecified atom stereocenters. The second kappa shape index (κ2) is 45.8. The molecule has 1 aliphatic rings. The lowest BCUT2D eigenvalue weighted by molar-refractivity contribution is -0.192. The Bertz CT molecular complexity index is 3990. The van der Waals surface area contributed by atoms with Crippen LogP contribution in [0.5, 0.6) is 0 Å². The van der Waals surface area contributed by atoms with E-state index in [0.717, 1.165) is 43.8 Å². The van der Waals surface area contributed by atoms with Crippen LogP contribution in [0.1, 0.15) is 132 Å². The quantitative estimate of drug-likeness (QED) is 0.00875. The van der Waals surface area contributed by atoms with Gasteiger partial charge in [-0.15, -0.1) is 0 Å². The number of rotatable bonds is 30. The summed E-state index contributed by atoms with van der Waals surface area (Å²) >= 11 is 0. The molecule has 32 heteroatoms. The van der Waals surface area contributed by atoms with Crippen molar-refractivity contribution in [3.8, 4) is 11.3 Å². The first kappa shape index (κ1) is 86.4. The topological polar surface area (TPSA) is 386 Å². The van der Waals surface area contributed by atoms with E-state index >= 15 is 0 Å². The lowest BCUT2D eigenvalue weighted by Crippen LogP contribution is -2.29. The molecule has 0 bridgehead atoms. The number of aliphatic hydroxyl groups is 3. The van der Waals surface area contributed by atoms with E-state index < -0.39 is 47.8 Å². The van der Waals surface area contributed by atoms with Gasteiger partial charge in [-0.05, 0) is 141 Å². The molecule has 6 aromatic carbocycles. The lowest BCUT2D eigenvalue weighted by Gasteiger charge is -2.29. The number of alkyl halides is 6. The number of esters is 2. The molecule has 1 fully saturated rings. The molecule has 105 heavy (non-hydrogen) atoms. The number of aromatic carboxylic acids is 2. The number of carbonyl (C=O) groups excluding carboxylic acids is 6. The summed E-state index contributed by atoms with van der Waals surface area (Å²) in [6.45, 7) is 3.97. The Morgan fingerprint density at radius 2 is 0.952 bits per heavy atom. The Morgan fingerprint density at radius 1 is 0.495 bits per heavy atom. The number of anilines is 2. The van der Waals surface area contributed by atoms with E-state index in [0.29, 0.717) is 103 Å². The molecule has 0 aliphatic carbocycles. The first-order chi connectivity index (χ1) is 50.1. The molecule has 0 radical (unpaired) electrons. The van der Waals surface area contributed by atoms with Gasteiger partial charge in [0, 0.05) is 78.4 Å². The van der Waals surface area contributed by atoms with E-state index in [1.807, 2.05) is 24.3 Å². The van der Waals surface area contributed by atoms with Crippen molar-refractivity contribution >= 4 is 64.7 Å². The van der Waals surface area contributed by atoms with Crippen LogP contribution in [0, 0.1) is 0 Å². The summed E-state index contributed by atoms with van der Waals surface area (Å²) in [7, 11) is 2.53. The van der Waals surface area contributed by atoms with Crippen LogP contribution in [-0.2, 0) is 47.5 Å². The summed E-state index contributed by atoms with van der Waals surface area (Å²) in [6.07, 6.45) is -3.19. The average molecular weight is 1480 g/mol. The Balaban J connectivity index is 0.000000333. The summed E-state index contributed by atoms with van der Waals surface area (Å²) in [4.78, 5) is 113. The number of aliphatic carboxylic acids is 1. The van der Waals surface area contributed by atoms with Crippen molar-refractivity contribution in [3.05, 3.63) is 213 Å². The van der Waals surface area contributed by atoms with Crippen LogP contribution in [0.3, 0.4) is 0 Å². The van der Waals surface area contributed by atoms with E-state index in [4.69, 9.17) is 49.6 Å². The van der Waals surface area contributed by atoms with Crippen LogP contribution in [0.15, 0.2) is 152 Å². The van der Waals surface area contributed by atoms with Crippen LogP contribution < -0.4 is 20.9 Å². The van der Waals surface area contributed by atoms with Crippen molar-refractivity contribution in [1.29, 1.82) is 0 Å². The minimum atomic E-state index is -5.08. The zero-order valence-electron chi connectivity index (χ0n) is 57.1. The fourth-order valence-electron chi connectivity index (χ4n) is 9.34. The molecule has 0 atom stereocenters. The molecule has 8 rings (SSSR count). The molecule has 3 amide bonds. The summed E-state index contributed by atoms with van der Waals surface area (Å²) in [6, 6.07) is 37.2. The van der Waals surface area contributed by atoms with Crippen molar-refractivity contribution in [2.24, 2.45) is 0 Å². The minimum Gasteiger partial charge on any atom is -0.478 e. The number of aliphatic hydroxyl groups excluding tert-OH is 3. The van der Waals surface area contributed by atoms with E-state index in [1.165, 1.54) is 87.6 Å². The highest BCUT2D eigenvalue weighted by Crippen LogP contribution is 2.34. The van der Waals surface area contributed by atoms with Gasteiger partial charge in [0.2, 0.25) is 0 Å². The molecule has 564 valence electrons. The number of amides is 3. The zero-order chi connectivity index (χ0) is 77.3. The van der Waals surface area contributed by atoms with Crippen molar-refractivity contribution in [1.82, 2.24) is 20.6 Å².